The number of nitrogens with one attached hydrogen (secondary N) is 1. The molecule has 0 saturated carbocycles. The second kappa shape index (κ2) is 6.68. The van der Waals surface area contributed by atoms with Crippen molar-refractivity contribution in [3.63, 3.8) is 0 Å². The Morgan fingerprint density at radius 2 is 2.08 bits per heavy atom. The summed E-state index contributed by atoms with van der Waals surface area (Å²) in [6.07, 6.45) is 2.03. The monoisotopic (exact) mass is 351 g/mol. The van der Waals surface area contributed by atoms with Gasteiger partial charge in [0.1, 0.15) is 5.82 Å². The summed E-state index contributed by atoms with van der Waals surface area (Å²) in [5, 5.41) is 11.0. The van der Waals surface area contributed by atoms with Crippen molar-refractivity contribution in [2.24, 2.45) is 0 Å². The SMILES string of the molecule is CCN(c1nncc(Nc2ccc(F)cc2)n1)C1CCS(=O)(=O)C1. The molecular weight excluding hydrogens is 333 g/mol. The zero-order valence-corrected chi connectivity index (χ0v) is 14.0. The standard InChI is InChI=1S/C15H18FN5O2S/c1-2-21(13-7-8-24(22,23)10-13)15-19-14(9-17-20-15)18-12-5-3-11(16)4-6-12/h3-6,9,13H,2,7-8,10H2,1H3,(H,18,19,20). The molecule has 3 rings (SSSR count). The van der Waals surface area contributed by atoms with Crippen molar-refractivity contribution in [2.45, 2.75) is 19.4 Å². The Hall–Kier alpha value is -2.29. The van der Waals surface area contributed by atoms with E-state index in [1.807, 2.05) is 11.8 Å². The normalized spacial score (nSPS) is 19.2. The first kappa shape index (κ1) is 16.6. The van der Waals surface area contributed by atoms with Gasteiger partial charge in [-0.15, -0.1) is 5.10 Å². The summed E-state index contributed by atoms with van der Waals surface area (Å²) in [5.74, 6) is 0.828. The van der Waals surface area contributed by atoms with Gasteiger partial charge in [-0.05, 0) is 37.6 Å². The Labute approximate surface area is 139 Å². The fraction of sp³-hybridized carbons (Fsp3) is 0.400. The van der Waals surface area contributed by atoms with Gasteiger partial charge in [-0.25, -0.2) is 12.8 Å². The van der Waals surface area contributed by atoms with E-state index in [2.05, 4.69) is 20.5 Å². The third-order valence-electron chi connectivity index (χ3n) is 3.91. The van der Waals surface area contributed by atoms with Gasteiger partial charge >= 0.3 is 0 Å². The fourth-order valence-corrected chi connectivity index (χ4v) is 4.47. The fourth-order valence-electron chi connectivity index (χ4n) is 2.74. The molecule has 2 heterocycles. The highest BCUT2D eigenvalue weighted by Gasteiger charge is 2.33. The molecule has 1 saturated heterocycles. The maximum Gasteiger partial charge on any atom is 0.247 e. The van der Waals surface area contributed by atoms with Gasteiger partial charge in [0.15, 0.2) is 15.7 Å². The summed E-state index contributed by atoms with van der Waals surface area (Å²) >= 11 is 0. The lowest BCUT2D eigenvalue weighted by atomic mass is 10.2. The lowest BCUT2D eigenvalue weighted by Gasteiger charge is -2.26. The Morgan fingerprint density at radius 3 is 2.71 bits per heavy atom. The molecule has 128 valence electrons. The molecule has 9 heteroatoms. The Morgan fingerprint density at radius 1 is 1.33 bits per heavy atom. The van der Waals surface area contributed by atoms with Crippen molar-refractivity contribution in [2.75, 3.05) is 28.3 Å². The molecule has 1 aromatic carbocycles. The van der Waals surface area contributed by atoms with Crippen LogP contribution in [0, 0.1) is 5.82 Å². The van der Waals surface area contributed by atoms with E-state index in [4.69, 9.17) is 0 Å². The average Bonchev–Trinajstić information content (AvgIpc) is 2.91. The van der Waals surface area contributed by atoms with E-state index in [9.17, 15) is 12.8 Å². The second-order valence-corrected chi connectivity index (χ2v) is 7.85. The van der Waals surface area contributed by atoms with E-state index in [1.165, 1.54) is 18.3 Å². The van der Waals surface area contributed by atoms with E-state index in [0.29, 0.717) is 30.4 Å². The first-order valence-electron chi connectivity index (χ1n) is 7.66. The summed E-state index contributed by atoms with van der Waals surface area (Å²) in [5.41, 5.74) is 0.675. The van der Waals surface area contributed by atoms with Crippen molar-refractivity contribution in [1.82, 2.24) is 15.2 Å². The maximum atomic E-state index is 13.0. The Kier molecular flexibility index (Phi) is 4.61. The zero-order valence-electron chi connectivity index (χ0n) is 13.2. The number of aromatic nitrogens is 3. The van der Waals surface area contributed by atoms with Gasteiger partial charge in [0, 0.05) is 18.3 Å². The molecule has 0 amide bonds. The van der Waals surface area contributed by atoms with Crippen LogP contribution in [0.4, 0.5) is 21.8 Å². The van der Waals surface area contributed by atoms with Gasteiger partial charge in [0.2, 0.25) is 5.95 Å². The first-order chi connectivity index (χ1) is 11.5. The van der Waals surface area contributed by atoms with Crippen LogP contribution in [-0.2, 0) is 9.84 Å². The molecular formula is C15H18FN5O2S. The van der Waals surface area contributed by atoms with Gasteiger partial charge < -0.3 is 10.2 Å². The van der Waals surface area contributed by atoms with E-state index < -0.39 is 9.84 Å². The number of hydrogen-bond donors (Lipinski definition) is 1. The van der Waals surface area contributed by atoms with Crippen LogP contribution in [0.2, 0.25) is 0 Å². The van der Waals surface area contributed by atoms with Gasteiger partial charge in [-0.3, -0.25) is 0 Å². The van der Waals surface area contributed by atoms with Crippen LogP contribution in [0.5, 0.6) is 0 Å². The third-order valence-corrected chi connectivity index (χ3v) is 5.66. The molecule has 1 N–H and O–H groups in total. The molecule has 1 aliphatic rings. The Balaban J connectivity index is 1.79. The largest absolute Gasteiger partial charge is 0.339 e. The van der Waals surface area contributed by atoms with Crippen LogP contribution >= 0.6 is 0 Å². The quantitative estimate of drug-likeness (QED) is 0.878. The number of rotatable bonds is 5. The van der Waals surface area contributed by atoms with Crippen molar-refractivity contribution in [3.8, 4) is 0 Å². The molecule has 1 fully saturated rings. The second-order valence-electron chi connectivity index (χ2n) is 5.62. The zero-order chi connectivity index (χ0) is 17.2. The molecule has 0 radical (unpaired) electrons. The van der Waals surface area contributed by atoms with E-state index in [-0.39, 0.29) is 23.4 Å². The summed E-state index contributed by atoms with van der Waals surface area (Å²) in [6, 6.07) is 5.75. The minimum atomic E-state index is -2.99. The summed E-state index contributed by atoms with van der Waals surface area (Å²) in [4.78, 5) is 6.26. The number of halogens is 1. The van der Waals surface area contributed by atoms with Crippen LogP contribution in [0.1, 0.15) is 13.3 Å². The lowest BCUT2D eigenvalue weighted by Crippen LogP contribution is -2.37. The van der Waals surface area contributed by atoms with Crippen LogP contribution in [0.25, 0.3) is 0 Å². The molecule has 1 aliphatic heterocycles. The highest BCUT2D eigenvalue weighted by Crippen LogP contribution is 2.22. The maximum absolute atomic E-state index is 13.0. The Bertz CT molecular complexity index is 813. The summed E-state index contributed by atoms with van der Waals surface area (Å²) < 4.78 is 36.4. The summed E-state index contributed by atoms with van der Waals surface area (Å²) in [7, 11) is -2.99. The molecule has 0 spiro atoms. The number of sulfone groups is 1. The molecule has 24 heavy (non-hydrogen) atoms. The minimum absolute atomic E-state index is 0.111. The highest BCUT2D eigenvalue weighted by molar-refractivity contribution is 7.91. The van der Waals surface area contributed by atoms with Crippen molar-refractivity contribution < 1.29 is 12.8 Å². The smallest absolute Gasteiger partial charge is 0.247 e. The number of hydrogen-bond acceptors (Lipinski definition) is 7. The van der Waals surface area contributed by atoms with Gasteiger partial charge in [0.25, 0.3) is 0 Å². The molecule has 0 aliphatic carbocycles. The van der Waals surface area contributed by atoms with E-state index in [1.54, 1.807) is 12.1 Å². The topological polar surface area (TPSA) is 88.1 Å². The van der Waals surface area contributed by atoms with Gasteiger partial charge in [-0.2, -0.15) is 10.1 Å². The number of nitrogens with zero attached hydrogens (tertiary/aromatic N) is 4. The molecule has 1 unspecified atom stereocenters. The van der Waals surface area contributed by atoms with Crippen molar-refractivity contribution in [3.05, 3.63) is 36.3 Å². The molecule has 1 aromatic heterocycles. The van der Waals surface area contributed by atoms with Crippen molar-refractivity contribution in [1.29, 1.82) is 0 Å². The minimum Gasteiger partial charge on any atom is -0.339 e. The predicted octanol–water partition coefficient (Wildman–Crippen LogP) is 1.77. The van der Waals surface area contributed by atoms with Crippen LogP contribution in [-0.4, -0.2) is 47.7 Å². The molecule has 0 bridgehead atoms. The molecule has 1 atom stereocenters. The van der Waals surface area contributed by atoms with Crippen LogP contribution in [0.3, 0.4) is 0 Å². The van der Waals surface area contributed by atoms with E-state index >= 15 is 0 Å². The molecule has 2 aromatic rings. The average molecular weight is 351 g/mol. The van der Waals surface area contributed by atoms with E-state index in [0.717, 1.165) is 0 Å². The number of benzene rings is 1. The van der Waals surface area contributed by atoms with Gasteiger partial charge in [-0.1, -0.05) is 0 Å². The molecule has 7 nitrogen and oxygen atoms in total. The first-order valence-corrected chi connectivity index (χ1v) is 9.48. The summed E-state index contributed by atoms with van der Waals surface area (Å²) in [6.45, 7) is 2.51. The van der Waals surface area contributed by atoms with Gasteiger partial charge in [0.05, 0.1) is 17.7 Å². The van der Waals surface area contributed by atoms with Crippen molar-refractivity contribution >= 4 is 27.3 Å². The highest BCUT2D eigenvalue weighted by atomic mass is 32.2. The van der Waals surface area contributed by atoms with Crippen LogP contribution < -0.4 is 10.2 Å². The number of anilines is 3. The van der Waals surface area contributed by atoms with Crippen LogP contribution in [0.15, 0.2) is 30.5 Å². The lowest BCUT2D eigenvalue weighted by molar-refractivity contribution is 0.598. The predicted molar refractivity (Wildman–Crippen MR) is 89.6 cm³/mol. The third kappa shape index (κ3) is 3.78.